The molecule has 1 N–H and O–H groups in total. The van der Waals surface area contributed by atoms with Gasteiger partial charge in [0.15, 0.2) is 5.82 Å². The van der Waals surface area contributed by atoms with Crippen molar-refractivity contribution in [3.8, 4) is 11.4 Å². The average molecular weight is 317 g/mol. The van der Waals surface area contributed by atoms with Crippen LogP contribution in [0.25, 0.3) is 11.4 Å². The van der Waals surface area contributed by atoms with Crippen LogP contribution in [0.15, 0.2) is 54.9 Å². The van der Waals surface area contributed by atoms with Crippen molar-refractivity contribution in [1.82, 2.24) is 15.3 Å². The molecule has 0 spiro atoms. The van der Waals surface area contributed by atoms with Crippen molar-refractivity contribution < 1.29 is 0 Å². The first-order chi connectivity index (χ1) is 11.6. The van der Waals surface area contributed by atoms with Gasteiger partial charge in [0.25, 0.3) is 0 Å². The minimum absolute atomic E-state index is 0.765. The second-order valence-electron chi connectivity index (χ2n) is 6.32. The van der Waals surface area contributed by atoms with Crippen LogP contribution in [0.4, 0.5) is 0 Å². The van der Waals surface area contributed by atoms with E-state index in [1.54, 1.807) is 0 Å². The van der Waals surface area contributed by atoms with Gasteiger partial charge in [0.1, 0.15) is 0 Å². The summed E-state index contributed by atoms with van der Waals surface area (Å²) >= 11 is 0. The number of benzene rings is 2. The minimum Gasteiger partial charge on any atom is -0.308 e. The summed E-state index contributed by atoms with van der Waals surface area (Å²) in [6, 6.07) is 14.8. The SMILES string of the molecule is Cc1cccc(-c2ncc(CNCc3cc(C)ccc3C)cn2)c1. The summed E-state index contributed by atoms with van der Waals surface area (Å²) in [5.74, 6) is 0.775. The molecule has 1 heterocycles. The van der Waals surface area contributed by atoms with Crippen molar-refractivity contribution in [1.29, 1.82) is 0 Å². The first-order valence-electron chi connectivity index (χ1n) is 8.26. The van der Waals surface area contributed by atoms with E-state index in [0.717, 1.165) is 30.0 Å². The van der Waals surface area contributed by atoms with Crippen LogP contribution < -0.4 is 5.32 Å². The highest BCUT2D eigenvalue weighted by Gasteiger charge is 2.03. The van der Waals surface area contributed by atoms with Crippen molar-refractivity contribution in [2.24, 2.45) is 0 Å². The Hall–Kier alpha value is -2.52. The van der Waals surface area contributed by atoms with E-state index >= 15 is 0 Å². The number of hydrogen-bond donors (Lipinski definition) is 1. The predicted molar refractivity (Wildman–Crippen MR) is 98.7 cm³/mol. The Morgan fingerprint density at radius 1 is 0.833 bits per heavy atom. The molecule has 3 rings (SSSR count). The minimum atomic E-state index is 0.765. The fraction of sp³-hybridized carbons (Fsp3) is 0.238. The quantitative estimate of drug-likeness (QED) is 0.760. The van der Waals surface area contributed by atoms with E-state index in [2.05, 4.69) is 66.4 Å². The highest BCUT2D eigenvalue weighted by atomic mass is 14.9. The molecule has 3 heteroatoms. The van der Waals surface area contributed by atoms with Gasteiger partial charge in [0.05, 0.1) is 0 Å². The second kappa shape index (κ2) is 7.37. The van der Waals surface area contributed by atoms with Crippen molar-refractivity contribution in [2.75, 3.05) is 0 Å². The van der Waals surface area contributed by atoms with E-state index < -0.39 is 0 Å². The van der Waals surface area contributed by atoms with Gasteiger partial charge in [-0.3, -0.25) is 0 Å². The van der Waals surface area contributed by atoms with Gasteiger partial charge in [0, 0.05) is 36.6 Å². The van der Waals surface area contributed by atoms with Crippen LogP contribution in [0.1, 0.15) is 27.8 Å². The van der Waals surface area contributed by atoms with Crippen LogP contribution in [0.3, 0.4) is 0 Å². The smallest absolute Gasteiger partial charge is 0.159 e. The van der Waals surface area contributed by atoms with Gasteiger partial charge in [-0.15, -0.1) is 0 Å². The summed E-state index contributed by atoms with van der Waals surface area (Å²) < 4.78 is 0. The van der Waals surface area contributed by atoms with E-state index in [4.69, 9.17) is 0 Å². The molecule has 0 amide bonds. The Balaban J connectivity index is 1.61. The zero-order valence-electron chi connectivity index (χ0n) is 14.5. The number of hydrogen-bond acceptors (Lipinski definition) is 3. The summed E-state index contributed by atoms with van der Waals surface area (Å²) in [5.41, 5.74) is 7.33. The maximum atomic E-state index is 4.50. The molecule has 0 aliphatic heterocycles. The molecule has 0 saturated heterocycles. The number of rotatable bonds is 5. The normalized spacial score (nSPS) is 10.8. The van der Waals surface area contributed by atoms with Crippen molar-refractivity contribution >= 4 is 0 Å². The molecule has 3 nitrogen and oxygen atoms in total. The van der Waals surface area contributed by atoms with Gasteiger partial charge in [-0.1, -0.05) is 47.5 Å². The van der Waals surface area contributed by atoms with Crippen LogP contribution in [-0.4, -0.2) is 9.97 Å². The molecule has 0 radical (unpaired) electrons. The highest BCUT2D eigenvalue weighted by molar-refractivity contribution is 5.55. The lowest BCUT2D eigenvalue weighted by atomic mass is 10.1. The van der Waals surface area contributed by atoms with Crippen molar-refractivity contribution in [2.45, 2.75) is 33.9 Å². The molecule has 2 aromatic carbocycles. The van der Waals surface area contributed by atoms with Crippen LogP contribution in [0, 0.1) is 20.8 Å². The maximum absolute atomic E-state index is 4.50. The van der Waals surface area contributed by atoms with E-state index in [0.29, 0.717) is 0 Å². The monoisotopic (exact) mass is 317 g/mol. The first kappa shape index (κ1) is 16.3. The van der Waals surface area contributed by atoms with Gasteiger partial charge in [-0.25, -0.2) is 9.97 Å². The van der Waals surface area contributed by atoms with Gasteiger partial charge in [0.2, 0.25) is 0 Å². The molecular formula is C21H23N3. The van der Waals surface area contributed by atoms with Crippen LogP contribution in [0.5, 0.6) is 0 Å². The fourth-order valence-corrected chi connectivity index (χ4v) is 2.71. The second-order valence-corrected chi connectivity index (χ2v) is 6.32. The summed E-state index contributed by atoms with van der Waals surface area (Å²) in [6.07, 6.45) is 3.81. The molecule has 0 bridgehead atoms. The number of nitrogens with zero attached hydrogens (tertiary/aromatic N) is 2. The zero-order chi connectivity index (χ0) is 16.9. The molecule has 0 fully saturated rings. The number of aromatic nitrogens is 2. The Morgan fingerprint density at radius 2 is 1.58 bits per heavy atom. The lowest BCUT2D eigenvalue weighted by Crippen LogP contribution is -2.14. The van der Waals surface area contributed by atoms with Gasteiger partial charge in [-0.2, -0.15) is 0 Å². The highest BCUT2D eigenvalue weighted by Crippen LogP contribution is 2.16. The van der Waals surface area contributed by atoms with Crippen molar-refractivity contribution in [3.05, 3.63) is 82.7 Å². The summed E-state index contributed by atoms with van der Waals surface area (Å²) in [4.78, 5) is 8.99. The third kappa shape index (κ3) is 4.06. The van der Waals surface area contributed by atoms with Gasteiger partial charge < -0.3 is 5.32 Å². The predicted octanol–water partition coefficient (Wildman–Crippen LogP) is 4.36. The Morgan fingerprint density at radius 3 is 2.33 bits per heavy atom. The molecule has 0 aliphatic rings. The molecule has 0 aliphatic carbocycles. The average Bonchev–Trinajstić information content (AvgIpc) is 2.58. The first-order valence-corrected chi connectivity index (χ1v) is 8.26. The molecule has 24 heavy (non-hydrogen) atoms. The molecule has 1 aromatic heterocycles. The standard InChI is InChI=1S/C21H23N3/c1-15-5-4-6-19(9-15)21-23-12-18(13-24-21)11-22-14-20-10-16(2)7-8-17(20)3/h4-10,12-13,22H,11,14H2,1-3H3. The molecule has 0 atom stereocenters. The van der Waals surface area contributed by atoms with Gasteiger partial charge in [-0.05, 0) is 38.0 Å². The third-order valence-electron chi connectivity index (χ3n) is 4.13. The summed E-state index contributed by atoms with van der Waals surface area (Å²) in [7, 11) is 0. The fourth-order valence-electron chi connectivity index (χ4n) is 2.71. The number of nitrogens with one attached hydrogen (secondary N) is 1. The Labute approximate surface area is 143 Å². The van der Waals surface area contributed by atoms with Crippen LogP contribution >= 0.6 is 0 Å². The van der Waals surface area contributed by atoms with Gasteiger partial charge >= 0.3 is 0 Å². The van der Waals surface area contributed by atoms with Crippen LogP contribution in [-0.2, 0) is 13.1 Å². The van der Waals surface area contributed by atoms with E-state index in [-0.39, 0.29) is 0 Å². The molecule has 0 unspecified atom stereocenters. The molecular weight excluding hydrogens is 294 g/mol. The van der Waals surface area contributed by atoms with E-state index in [1.807, 2.05) is 24.5 Å². The van der Waals surface area contributed by atoms with Crippen molar-refractivity contribution in [3.63, 3.8) is 0 Å². The zero-order valence-corrected chi connectivity index (χ0v) is 14.5. The Kier molecular flexibility index (Phi) is 5.02. The van der Waals surface area contributed by atoms with E-state index in [9.17, 15) is 0 Å². The third-order valence-corrected chi connectivity index (χ3v) is 4.13. The molecule has 0 saturated carbocycles. The molecule has 3 aromatic rings. The van der Waals surface area contributed by atoms with Crippen LogP contribution in [0.2, 0.25) is 0 Å². The molecule has 122 valence electrons. The topological polar surface area (TPSA) is 37.8 Å². The maximum Gasteiger partial charge on any atom is 0.159 e. The lowest BCUT2D eigenvalue weighted by Gasteiger charge is -2.09. The summed E-state index contributed by atoms with van der Waals surface area (Å²) in [5, 5.41) is 3.47. The Bertz CT molecular complexity index is 823. The lowest BCUT2D eigenvalue weighted by molar-refractivity contribution is 0.686. The summed E-state index contributed by atoms with van der Waals surface area (Å²) in [6.45, 7) is 7.97. The number of aryl methyl sites for hydroxylation is 3. The largest absolute Gasteiger partial charge is 0.308 e. The van der Waals surface area contributed by atoms with E-state index in [1.165, 1.54) is 22.3 Å².